The molecule has 0 unspecified atom stereocenters. The van der Waals surface area contributed by atoms with Crippen LogP contribution in [0.15, 0.2) is 16.6 Å². The maximum atomic E-state index is 10.9. The van der Waals surface area contributed by atoms with Gasteiger partial charge in [-0.15, -0.1) is 0 Å². The molecule has 5 nitrogen and oxygen atoms in total. The summed E-state index contributed by atoms with van der Waals surface area (Å²) in [6, 6.07) is 3.02. The zero-order valence-corrected chi connectivity index (χ0v) is 10.5. The Labute approximate surface area is 101 Å². The number of amides is 1. The third-order valence-electron chi connectivity index (χ3n) is 2.05. The Morgan fingerprint density at radius 3 is 2.62 bits per heavy atom. The van der Waals surface area contributed by atoms with Crippen LogP contribution in [0.3, 0.4) is 0 Å². The molecule has 0 spiro atoms. The van der Waals surface area contributed by atoms with Crippen LogP contribution >= 0.6 is 15.9 Å². The smallest absolute Gasteiger partial charge is 0.293 e. The van der Waals surface area contributed by atoms with Gasteiger partial charge in [-0.05, 0) is 18.1 Å². The fraction of sp³-hybridized carbons (Fsp3) is 0.300. The molecule has 16 heavy (non-hydrogen) atoms. The summed E-state index contributed by atoms with van der Waals surface area (Å²) in [5, 5.41) is 13.3. The third-order valence-corrected chi connectivity index (χ3v) is 2.79. The summed E-state index contributed by atoms with van der Waals surface area (Å²) in [4.78, 5) is 21.2. The summed E-state index contributed by atoms with van der Waals surface area (Å²) in [5.41, 5.74) is 0.956. The normalized spacial score (nSPS) is 9.94. The first-order chi connectivity index (χ1) is 7.45. The predicted molar refractivity (Wildman–Crippen MR) is 64.5 cm³/mol. The molecule has 0 saturated heterocycles. The first-order valence-electron chi connectivity index (χ1n) is 4.70. The monoisotopic (exact) mass is 286 g/mol. The predicted octanol–water partition coefficient (Wildman–Crippen LogP) is 2.88. The van der Waals surface area contributed by atoms with E-state index in [2.05, 4.69) is 21.2 Å². The Hall–Kier alpha value is -1.43. The van der Waals surface area contributed by atoms with E-state index in [-0.39, 0.29) is 17.3 Å². The van der Waals surface area contributed by atoms with Crippen LogP contribution in [-0.2, 0) is 11.2 Å². The molecule has 0 aromatic heterocycles. The van der Waals surface area contributed by atoms with E-state index in [1.807, 2.05) is 6.92 Å². The highest BCUT2D eigenvalue weighted by molar-refractivity contribution is 9.10. The molecule has 0 atom stereocenters. The van der Waals surface area contributed by atoms with E-state index >= 15 is 0 Å². The molecule has 0 heterocycles. The standard InChI is InChI=1S/C10H11BrN2O3/c1-3-7-4-10(13(15)16)9(5-8(7)11)12-6(2)14/h4-5H,3H2,1-2H3,(H,12,14). The van der Waals surface area contributed by atoms with Crippen LogP contribution < -0.4 is 5.32 Å². The molecule has 0 radical (unpaired) electrons. The van der Waals surface area contributed by atoms with Crippen molar-refractivity contribution in [3.63, 3.8) is 0 Å². The van der Waals surface area contributed by atoms with Crippen molar-refractivity contribution in [1.82, 2.24) is 0 Å². The number of nitro benzene ring substituents is 1. The van der Waals surface area contributed by atoms with Gasteiger partial charge in [0, 0.05) is 17.5 Å². The number of rotatable bonds is 3. The van der Waals surface area contributed by atoms with Crippen LogP contribution in [0.5, 0.6) is 0 Å². The van der Waals surface area contributed by atoms with Gasteiger partial charge < -0.3 is 5.32 Å². The fourth-order valence-corrected chi connectivity index (χ4v) is 1.94. The quantitative estimate of drug-likeness (QED) is 0.686. The van der Waals surface area contributed by atoms with Gasteiger partial charge in [-0.2, -0.15) is 0 Å². The summed E-state index contributed by atoms with van der Waals surface area (Å²) in [6.07, 6.45) is 0.682. The van der Waals surface area contributed by atoms with Crippen molar-refractivity contribution < 1.29 is 9.72 Å². The molecule has 1 N–H and O–H groups in total. The molecule has 1 aromatic rings. The number of nitrogens with one attached hydrogen (secondary N) is 1. The molecule has 0 saturated carbocycles. The Balaban J connectivity index is 3.30. The number of benzene rings is 1. The van der Waals surface area contributed by atoms with Crippen LogP contribution in [0, 0.1) is 10.1 Å². The second-order valence-electron chi connectivity index (χ2n) is 3.25. The van der Waals surface area contributed by atoms with Gasteiger partial charge in [0.2, 0.25) is 5.91 Å². The maximum absolute atomic E-state index is 10.9. The molecule has 1 amide bonds. The van der Waals surface area contributed by atoms with Crippen molar-refractivity contribution in [1.29, 1.82) is 0 Å². The van der Waals surface area contributed by atoms with Crippen molar-refractivity contribution >= 4 is 33.2 Å². The molecule has 0 aliphatic heterocycles. The number of hydrogen-bond donors (Lipinski definition) is 1. The SMILES string of the molecule is CCc1cc([N+](=O)[O-])c(NC(C)=O)cc1Br. The molecular weight excluding hydrogens is 276 g/mol. The van der Waals surface area contributed by atoms with Gasteiger partial charge >= 0.3 is 0 Å². The number of nitrogens with zero attached hydrogens (tertiary/aromatic N) is 1. The van der Waals surface area contributed by atoms with Crippen LogP contribution in [0.1, 0.15) is 19.4 Å². The largest absolute Gasteiger partial charge is 0.321 e. The van der Waals surface area contributed by atoms with Gasteiger partial charge in [-0.3, -0.25) is 14.9 Å². The third kappa shape index (κ3) is 2.79. The van der Waals surface area contributed by atoms with E-state index in [9.17, 15) is 14.9 Å². The molecule has 0 aliphatic carbocycles. The van der Waals surface area contributed by atoms with Crippen molar-refractivity contribution in [3.05, 3.63) is 32.3 Å². The maximum Gasteiger partial charge on any atom is 0.293 e. The highest BCUT2D eigenvalue weighted by atomic mass is 79.9. The van der Waals surface area contributed by atoms with E-state index in [1.165, 1.54) is 13.0 Å². The minimum Gasteiger partial charge on any atom is -0.321 e. The van der Waals surface area contributed by atoms with E-state index in [1.54, 1.807) is 6.07 Å². The lowest BCUT2D eigenvalue weighted by Gasteiger charge is -2.07. The second kappa shape index (κ2) is 5.07. The minimum atomic E-state index is -0.503. The molecule has 1 rings (SSSR count). The summed E-state index contributed by atoms with van der Waals surface area (Å²) < 4.78 is 0.754. The number of aryl methyl sites for hydroxylation is 1. The highest BCUT2D eigenvalue weighted by Crippen LogP contribution is 2.31. The molecule has 1 aromatic carbocycles. The van der Waals surface area contributed by atoms with Gasteiger partial charge in [0.15, 0.2) is 0 Å². The lowest BCUT2D eigenvalue weighted by atomic mass is 10.1. The zero-order chi connectivity index (χ0) is 12.3. The zero-order valence-electron chi connectivity index (χ0n) is 8.91. The molecule has 6 heteroatoms. The van der Waals surface area contributed by atoms with Crippen LogP contribution in [-0.4, -0.2) is 10.8 Å². The lowest BCUT2D eigenvalue weighted by Crippen LogP contribution is -2.08. The summed E-state index contributed by atoms with van der Waals surface area (Å²) in [7, 11) is 0. The van der Waals surface area contributed by atoms with Gasteiger partial charge in [0.1, 0.15) is 5.69 Å². The summed E-state index contributed by atoms with van der Waals surface area (Å²) >= 11 is 3.31. The van der Waals surface area contributed by atoms with Gasteiger partial charge in [0.05, 0.1) is 4.92 Å². The lowest BCUT2D eigenvalue weighted by molar-refractivity contribution is -0.384. The average Bonchev–Trinajstić information content (AvgIpc) is 2.16. The summed E-state index contributed by atoms with van der Waals surface area (Å²) in [6.45, 7) is 3.22. The first-order valence-corrected chi connectivity index (χ1v) is 5.49. The van der Waals surface area contributed by atoms with E-state index in [0.29, 0.717) is 6.42 Å². The van der Waals surface area contributed by atoms with Crippen LogP contribution in [0.25, 0.3) is 0 Å². The number of halogens is 1. The Morgan fingerprint density at radius 2 is 2.19 bits per heavy atom. The first kappa shape index (κ1) is 12.6. The molecule has 0 aliphatic rings. The van der Waals surface area contributed by atoms with E-state index in [4.69, 9.17) is 0 Å². The fourth-order valence-electron chi connectivity index (χ4n) is 1.32. The summed E-state index contributed by atoms with van der Waals surface area (Å²) in [5.74, 6) is -0.334. The molecule has 0 fully saturated rings. The Morgan fingerprint density at radius 1 is 1.56 bits per heavy atom. The highest BCUT2D eigenvalue weighted by Gasteiger charge is 2.17. The van der Waals surface area contributed by atoms with Crippen LogP contribution in [0.4, 0.5) is 11.4 Å². The van der Waals surface area contributed by atoms with Crippen molar-refractivity contribution in [2.45, 2.75) is 20.3 Å². The van der Waals surface area contributed by atoms with Gasteiger partial charge in [0.25, 0.3) is 5.69 Å². The number of nitro groups is 1. The van der Waals surface area contributed by atoms with Gasteiger partial charge in [-0.1, -0.05) is 22.9 Å². The topological polar surface area (TPSA) is 72.2 Å². The Kier molecular flexibility index (Phi) is 4.00. The minimum absolute atomic E-state index is 0.0877. The van der Waals surface area contributed by atoms with Crippen LogP contribution in [0.2, 0.25) is 0 Å². The van der Waals surface area contributed by atoms with Crippen molar-refractivity contribution in [2.75, 3.05) is 5.32 Å². The van der Waals surface area contributed by atoms with E-state index in [0.717, 1.165) is 10.0 Å². The number of anilines is 1. The van der Waals surface area contributed by atoms with Crippen molar-refractivity contribution in [2.24, 2.45) is 0 Å². The number of carbonyl (C=O) groups is 1. The number of carbonyl (C=O) groups excluding carboxylic acids is 1. The second-order valence-corrected chi connectivity index (χ2v) is 4.11. The van der Waals surface area contributed by atoms with Gasteiger partial charge in [-0.25, -0.2) is 0 Å². The molecule has 86 valence electrons. The van der Waals surface area contributed by atoms with Crippen molar-refractivity contribution in [3.8, 4) is 0 Å². The molecule has 0 bridgehead atoms. The average molecular weight is 287 g/mol. The molecular formula is C10H11BrN2O3. The number of hydrogen-bond acceptors (Lipinski definition) is 3. The van der Waals surface area contributed by atoms with E-state index < -0.39 is 4.92 Å². The Bertz CT molecular complexity index is 446.